The van der Waals surface area contributed by atoms with Gasteiger partial charge in [-0.25, -0.2) is 0 Å². The summed E-state index contributed by atoms with van der Waals surface area (Å²) < 4.78 is 35.1. The fraction of sp³-hybridized carbons (Fsp3) is 0.333. The summed E-state index contributed by atoms with van der Waals surface area (Å²) >= 11 is 0. The molecule has 0 aliphatic rings. The molecule has 0 bridgehead atoms. The van der Waals surface area contributed by atoms with E-state index in [4.69, 9.17) is 19.5 Å². The summed E-state index contributed by atoms with van der Waals surface area (Å²) in [6, 6.07) is 5.03. The normalized spacial score (nSPS) is 12.6. The molecular weight excluding hydrogens is 243 g/mol. The van der Waals surface area contributed by atoms with E-state index in [1.807, 2.05) is 0 Å². The van der Waals surface area contributed by atoms with E-state index < -0.39 is 22.8 Å². The van der Waals surface area contributed by atoms with E-state index in [0.717, 1.165) is 0 Å². The molecule has 0 aromatic heterocycles. The Labute approximate surface area is 111 Å². The van der Waals surface area contributed by atoms with Crippen LogP contribution in [0, 0.1) is 0 Å². The molecule has 3 N–H and O–H groups in total. The molecule has 1 aromatic rings. The largest absolute Gasteiger partial charge is 1.00 e. The first-order valence-corrected chi connectivity index (χ1v) is 5.87. The third-order valence-electron chi connectivity index (χ3n) is 1.77. The van der Waals surface area contributed by atoms with Crippen molar-refractivity contribution in [1.29, 1.82) is 0 Å². The molecule has 17 heavy (non-hydrogen) atoms. The summed E-state index contributed by atoms with van der Waals surface area (Å²) in [7, 11) is -4.20. The predicted octanol–water partition coefficient (Wildman–Crippen LogP) is -3.33. The van der Waals surface area contributed by atoms with Crippen LogP contribution in [0.3, 0.4) is 0 Å². The van der Waals surface area contributed by atoms with E-state index in [9.17, 15) is 8.42 Å². The van der Waals surface area contributed by atoms with Crippen LogP contribution in [0.2, 0.25) is 0 Å². The maximum Gasteiger partial charge on any atom is 1.00 e. The Morgan fingerprint density at radius 2 is 1.76 bits per heavy atom. The van der Waals surface area contributed by atoms with Crippen molar-refractivity contribution in [1.82, 2.24) is 0 Å². The van der Waals surface area contributed by atoms with E-state index in [0.29, 0.717) is 5.75 Å². The second-order valence-corrected chi connectivity index (χ2v) is 4.52. The molecule has 0 saturated carbocycles. The van der Waals surface area contributed by atoms with Gasteiger partial charge in [0, 0.05) is 0 Å². The van der Waals surface area contributed by atoms with Crippen LogP contribution < -0.4 is 23.6 Å². The van der Waals surface area contributed by atoms with Gasteiger partial charge in [0.1, 0.15) is 18.5 Å². The molecule has 0 amide bonds. The van der Waals surface area contributed by atoms with Gasteiger partial charge in [0.05, 0.1) is 11.5 Å². The van der Waals surface area contributed by atoms with Crippen LogP contribution in [0.1, 0.15) is 0 Å². The van der Waals surface area contributed by atoms with E-state index in [1.54, 1.807) is 0 Å². The Hall–Kier alpha value is -0.553. The number of rotatable bonds is 5. The molecule has 0 aliphatic heterocycles. The number of ether oxygens (including phenoxy) is 1. The Balaban J connectivity index is 0.00000256. The van der Waals surface area contributed by atoms with Gasteiger partial charge in [-0.1, -0.05) is 0 Å². The van der Waals surface area contributed by atoms with E-state index in [1.165, 1.54) is 24.3 Å². The molecule has 6 nitrogen and oxygen atoms in total. The minimum atomic E-state index is -4.20. The second kappa shape index (κ2) is 7.01. The monoisotopic (exact) mass is 255 g/mol. The zero-order valence-corrected chi connectivity index (χ0v) is 10.1. The summed E-state index contributed by atoms with van der Waals surface area (Å²) in [6.45, 7) is -0.509. The average molecular weight is 255 g/mol. The molecule has 8 heteroatoms. The molecule has 0 fully saturated rings. The van der Waals surface area contributed by atoms with E-state index in [-0.39, 0.29) is 30.4 Å². The molecule has 0 aliphatic carbocycles. The average Bonchev–Trinajstić information content (AvgIpc) is 2.25. The number of hydrogen-bond acceptors (Lipinski definition) is 5. The van der Waals surface area contributed by atoms with Crippen molar-refractivity contribution in [3.8, 4) is 5.75 Å². The molecule has 0 spiro atoms. The van der Waals surface area contributed by atoms with Crippen molar-refractivity contribution in [2.45, 2.75) is 11.0 Å². The zero-order chi connectivity index (χ0) is 12.2. The van der Waals surface area contributed by atoms with Gasteiger partial charge in [-0.2, -0.15) is 8.42 Å². The molecule has 1 unspecified atom stereocenters. The van der Waals surface area contributed by atoms with Crippen LogP contribution in [-0.4, -0.2) is 42.5 Å². The summed E-state index contributed by atoms with van der Waals surface area (Å²) in [5.74, 6) is 0.333. The van der Waals surface area contributed by atoms with Gasteiger partial charge in [-0.3, -0.25) is 4.55 Å². The smallest absolute Gasteiger partial charge is 0.491 e. The molecule has 1 rings (SSSR count). The SMILES string of the molecule is O=S(=O)(O)c1ccc(OCC(O)CO)cc1.[Li+]. The van der Waals surface area contributed by atoms with Gasteiger partial charge in [-0.15, -0.1) is 0 Å². The minimum Gasteiger partial charge on any atom is -0.491 e. The van der Waals surface area contributed by atoms with Gasteiger partial charge in [0.15, 0.2) is 0 Å². The second-order valence-electron chi connectivity index (χ2n) is 3.09. The fourth-order valence-corrected chi connectivity index (χ4v) is 1.43. The van der Waals surface area contributed by atoms with Crippen molar-refractivity contribution in [3.05, 3.63) is 24.3 Å². The van der Waals surface area contributed by atoms with Gasteiger partial charge < -0.3 is 14.9 Å². The standard InChI is InChI=1S/C9H12O6S.Li/c10-5-7(11)6-15-8-1-3-9(4-2-8)16(12,13)14;/h1-4,7,10-11H,5-6H2,(H,12,13,14);/q;+1. The summed E-state index contributed by atoms with van der Waals surface area (Å²) in [5, 5.41) is 17.5. The van der Waals surface area contributed by atoms with Crippen LogP contribution in [-0.2, 0) is 10.1 Å². The maximum absolute atomic E-state index is 10.7. The third kappa shape index (κ3) is 5.54. The molecule has 90 valence electrons. The first-order valence-electron chi connectivity index (χ1n) is 4.43. The first kappa shape index (κ1) is 16.4. The minimum absolute atomic E-state index is 0. The van der Waals surface area contributed by atoms with Crippen molar-refractivity contribution in [3.63, 3.8) is 0 Å². The first-order chi connectivity index (χ1) is 7.43. The Bertz CT molecular complexity index is 429. The van der Waals surface area contributed by atoms with E-state index >= 15 is 0 Å². The zero-order valence-electron chi connectivity index (χ0n) is 9.28. The predicted molar refractivity (Wildman–Crippen MR) is 54.8 cm³/mol. The van der Waals surface area contributed by atoms with Crippen LogP contribution in [0.25, 0.3) is 0 Å². The van der Waals surface area contributed by atoms with Crippen LogP contribution in [0.5, 0.6) is 5.75 Å². The molecule has 0 saturated heterocycles. The van der Waals surface area contributed by atoms with Crippen LogP contribution >= 0.6 is 0 Å². The molecule has 1 atom stereocenters. The summed E-state index contributed by atoms with van der Waals surface area (Å²) in [4.78, 5) is -0.234. The van der Waals surface area contributed by atoms with Crippen molar-refractivity contribution in [2.75, 3.05) is 13.2 Å². The van der Waals surface area contributed by atoms with Crippen molar-refractivity contribution < 1.29 is 46.8 Å². The van der Waals surface area contributed by atoms with E-state index in [2.05, 4.69) is 0 Å². The molecule has 0 radical (unpaired) electrons. The molecule has 1 aromatic carbocycles. The Kier molecular flexibility index (Phi) is 6.78. The number of hydrogen-bond donors (Lipinski definition) is 3. The summed E-state index contributed by atoms with van der Waals surface area (Å²) in [5.41, 5.74) is 0. The topological polar surface area (TPSA) is 104 Å². The number of aliphatic hydroxyl groups excluding tert-OH is 2. The number of aliphatic hydroxyl groups is 2. The van der Waals surface area contributed by atoms with Gasteiger partial charge >= 0.3 is 18.9 Å². The van der Waals surface area contributed by atoms with Gasteiger partial charge in [0.2, 0.25) is 0 Å². The van der Waals surface area contributed by atoms with Crippen molar-refractivity contribution in [2.24, 2.45) is 0 Å². The quantitative estimate of drug-likeness (QED) is 0.375. The number of benzene rings is 1. The third-order valence-corrected chi connectivity index (χ3v) is 2.64. The van der Waals surface area contributed by atoms with Gasteiger partial charge in [-0.05, 0) is 24.3 Å². The van der Waals surface area contributed by atoms with Crippen LogP contribution in [0.15, 0.2) is 29.2 Å². The Morgan fingerprint density at radius 1 is 1.24 bits per heavy atom. The Morgan fingerprint density at radius 3 is 2.18 bits per heavy atom. The maximum atomic E-state index is 10.7. The fourth-order valence-electron chi connectivity index (χ4n) is 0.953. The summed E-state index contributed by atoms with van der Waals surface area (Å²) in [6.07, 6.45) is -0.985. The molecular formula is C9H12LiO6S+. The van der Waals surface area contributed by atoms with Crippen LogP contribution in [0.4, 0.5) is 0 Å². The van der Waals surface area contributed by atoms with Gasteiger partial charge in [0.25, 0.3) is 10.1 Å². The molecule has 0 heterocycles. The van der Waals surface area contributed by atoms with Crippen molar-refractivity contribution >= 4 is 10.1 Å².